The number of methoxy groups -OCH3 is 1. The molecule has 1 amide bonds. The van der Waals surface area contributed by atoms with Gasteiger partial charge in [0, 0.05) is 11.6 Å². The molecule has 0 bridgehead atoms. The zero-order valence-electron chi connectivity index (χ0n) is 20.9. The van der Waals surface area contributed by atoms with Gasteiger partial charge in [-0.15, -0.1) is 0 Å². The monoisotopic (exact) mass is 512 g/mol. The molecule has 9 heteroatoms. The number of nitrogens with zero attached hydrogens (tertiary/aromatic N) is 1. The number of nitrogens with one attached hydrogen (secondary N) is 1. The Bertz CT molecular complexity index is 1240. The van der Waals surface area contributed by atoms with E-state index in [4.69, 9.17) is 14.2 Å². The number of anilines is 1. The number of rotatable bonds is 12. The molecule has 0 saturated carbocycles. The van der Waals surface area contributed by atoms with Crippen LogP contribution in [0, 0.1) is 0 Å². The van der Waals surface area contributed by atoms with Crippen molar-refractivity contribution in [3.63, 3.8) is 0 Å². The van der Waals surface area contributed by atoms with E-state index in [0.29, 0.717) is 35.9 Å². The molecule has 3 aromatic rings. The summed E-state index contributed by atoms with van der Waals surface area (Å²) in [4.78, 5) is 12.5. The predicted octanol–water partition coefficient (Wildman–Crippen LogP) is 4.26. The van der Waals surface area contributed by atoms with Crippen LogP contribution in [0.2, 0.25) is 0 Å². The number of hydrogen-bond acceptors (Lipinski definition) is 6. The van der Waals surface area contributed by atoms with Crippen molar-refractivity contribution in [3.8, 4) is 17.2 Å². The second-order valence-electron chi connectivity index (χ2n) is 8.41. The summed E-state index contributed by atoms with van der Waals surface area (Å²) in [6.07, 6.45) is 1.14. The summed E-state index contributed by atoms with van der Waals surface area (Å²) in [7, 11) is -1.95. The highest BCUT2D eigenvalue weighted by Gasteiger charge is 2.19. The van der Waals surface area contributed by atoms with Crippen molar-refractivity contribution >= 4 is 21.6 Å². The van der Waals surface area contributed by atoms with E-state index in [0.717, 1.165) is 11.3 Å². The Balaban J connectivity index is 1.58. The smallest absolute Gasteiger partial charge is 0.251 e. The molecule has 0 unspecified atom stereocenters. The van der Waals surface area contributed by atoms with Gasteiger partial charge in [0.25, 0.3) is 5.91 Å². The lowest BCUT2D eigenvalue weighted by Crippen LogP contribution is -2.29. The van der Waals surface area contributed by atoms with Crippen molar-refractivity contribution in [2.75, 3.05) is 30.8 Å². The van der Waals surface area contributed by atoms with Crippen LogP contribution in [0.25, 0.3) is 0 Å². The van der Waals surface area contributed by atoms with Crippen LogP contribution in [0.15, 0.2) is 72.8 Å². The van der Waals surface area contributed by atoms with Crippen molar-refractivity contribution in [2.45, 2.75) is 26.5 Å². The van der Waals surface area contributed by atoms with Gasteiger partial charge in [-0.2, -0.15) is 0 Å². The molecule has 36 heavy (non-hydrogen) atoms. The van der Waals surface area contributed by atoms with Gasteiger partial charge in [-0.1, -0.05) is 18.2 Å². The highest BCUT2D eigenvalue weighted by atomic mass is 32.2. The van der Waals surface area contributed by atoms with E-state index >= 15 is 0 Å². The average molecular weight is 513 g/mol. The normalized spacial score (nSPS) is 11.1. The number of ether oxygens (including phenoxy) is 3. The van der Waals surface area contributed by atoms with Crippen molar-refractivity contribution in [3.05, 3.63) is 83.9 Å². The van der Waals surface area contributed by atoms with Crippen LogP contribution in [-0.2, 0) is 16.6 Å². The summed E-state index contributed by atoms with van der Waals surface area (Å²) in [5.74, 6) is 1.79. The van der Waals surface area contributed by atoms with E-state index in [1.807, 2.05) is 13.8 Å². The molecule has 0 radical (unpaired) electrons. The minimum absolute atomic E-state index is 0.0281. The van der Waals surface area contributed by atoms with Crippen LogP contribution in [-0.4, -0.2) is 46.9 Å². The van der Waals surface area contributed by atoms with Crippen LogP contribution in [0.3, 0.4) is 0 Å². The topological polar surface area (TPSA) is 94.2 Å². The van der Waals surface area contributed by atoms with Crippen LogP contribution < -0.4 is 23.8 Å². The molecule has 0 aliphatic carbocycles. The third-order valence-electron chi connectivity index (χ3n) is 5.14. The summed E-state index contributed by atoms with van der Waals surface area (Å²) in [6.45, 7) is 4.60. The Kier molecular flexibility index (Phi) is 9.19. The van der Waals surface area contributed by atoms with Gasteiger partial charge in [0.05, 0.1) is 38.2 Å². The van der Waals surface area contributed by atoms with E-state index in [1.165, 1.54) is 10.6 Å². The summed E-state index contributed by atoms with van der Waals surface area (Å²) in [5.41, 5.74) is 1.73. The first-order chi connectivity index (χ1) is 17.2. The Morgan fingerprint density at radius 2 is 1.61 bits per heavy atom. The summed E-state index contributed by atoms with van der Waals surface area (Å²) in [5, 5.41) is 2.81. The first kappa shape index (κ1) is 26.9. The van der Waals surface area contributed by atoms with E-state index < -0.39 is 10.0 Å². The Hall–Kier alpha value is -3.72. The third kappa shape index (κ3) is 7.91. The fourth-order valence-electron chi connectivity index (χ4n) is 3.42. The van der Waals surface area contributed by atoms with Gasteiger partial charge in [0.1, 0.15) is 23.9 Å². The standard InChI is InChI=1S/C27H32N2O6S/c1-20(2)35-26-7-5-6-23(18-26)29(36(4,31)32)19-21-8-10-22(11-9-21)27(30)28-16-17-34-25-14-12-24(33-3)13-15-25/h5-15,18,20H,16-17,19H2,1-4H3,(H,28,30). The fourth-order valence-corrected chi connectivity index (χ4v) is 4.30. The fraction of sp³-hybridized carbons (Fsp3) is 0.296. The molecule has 0 fully saturated rings. The van der Waals surface area contributed by atoms with Crippen LogP contribution in [0.4, 0.5) is 5.69 Å². The van der Waals surface area contributed by atoms with Crippen LogP contribution >= 0.6 is 0 Å². The maximum Gasteiger partial charge on any atom is 0.251 e. The molecule has 8 nitrogen and oxygen atoms in total. The highest BCUT2D eigenvalue weighted by molar-refractivity contribution is 7.92. The molecule has 0 aliphatic rings. The van der Waals surface area contributed by atoms with Gasteiger partial charge >= 0.3 is 0 Å². The van der Waals surface area contributed by atoms with Crippen LogP contribution in [0.1, 0.15) is 29.8 Å². The lowest BCUT2D eigenvalue weighted by atomic mass is 10.1. The molecule has 0 aromatic heterocycles. The summed E-state index contributed by atoms with van der Waals surface area (Å²) >= 11 is 0. The Morgan fingerprint density at radius 1 is 0.944 bits per heavy atom. The SMILES string of the molecule is COc1ccc(OCCNC(=O)c2ccc(CN(c3cccc(OC(C)C)c3)S(C)(=O)=O)cc2)cc1. The van der Waals surface area contributed by atoms with Crippen LogP contribution in [0.5, 0.6) is 17.2 Å². The van der Waals surface area contributed by atoms with E-state index in [-0.39, 0.29) is 18.6 Å². The van der Waals surface area contributed by atoms with Crippen molar-refractivity contribution in [2.24, 2.45) is 0 Å². The van der Waals surface area contributed by atoms with E-state index in [9.17, 15) is 13.2 Å². The largest absolute Gasteiger partial charge is 0.497 e. The maximum absolute atomic E-state index is 12.5. The molecule has 3 aromatic carbocycles. The molecule has 0 saturated heterocycles. The minimum atomic E-state index is -3.55. The van der Waals surface area contributed by atoms with Gasteiger partial charge in [-0.25, -0.2) is 8.42 Å². The molecule has 0 aliphatic heterocycles. The molecule has 3 rings (SSSR count). The second kappa shape index (κ2) is 12.3. The molecule has 0 spiro atoms. The van der Waals surface area contributed by atoms with Gasteiger partial charge < -0.3 is 19.5 Å². The van der Waals surface area contributed by atoms with E-state index in [2.05, 4.69) is 5.32 Å². The minimum Gasteiger partial charge on any atom is -0.497 e. The first-order valence-electron chi connectivity index (χ1n) is 11.5. The van der Waals surface area contributed by atoms with Gasteiger partial charge in [0.15, 0.2) is 0 Å². The number of benzene rings is 3. The first-order valence-corrected chi connectivity index (χ1v) is 13.4. The lowest BCUT2D eigenvalue weighted by molar-refractivity contribution is 0.0947. The second-order valence-corrected chi connectivity index (χ2v) is 10.3. The van der Waals surface area contributed by atoms with Crippen molar-refractivity contribution < 1.29 is 27.4 Å². The molecular weight excluding hydrogens is 480 g/mol. The van der Waals surface area contributed by atoms with Crippen molar-refractivity contribution in [1.82, 2.24) is 5.32 Å². The van der Waals surface area contributed by atoms with E-state index in [1.54, 1.807) is 79.9 Å². The number of carbonyl (C=O) groups excluding carboxylic acids is 1. The lowest BCUT2D eigenvalue weighted by Gasteiger charge is -2.23. The molecular formula is C27H32N2O6S. The number of amides is 1. The number of hydrogen-bond donors (Lipinski definition) is 1. The van der Waals surface area contributed by atoms with Crippen molar-refractivity contribution in [1.29, 1.82) is 0 Å². The highest BCUT2D eigenvalue weighted by Crippen LogP contribution is 2.26. The third-order valence-corrected chi connectivity index (χ3v) is 6.28. The average Bonchev–Trinajstić information content (AvgIpc) is 2.85. The summed E-state index contributed by atoms with van der Waals surface area (Å²) in [6, 6.07) is 21.0. The number of sulfonamides is 1. The molecule has 1 N–H and O–H groups in total. The van der Waals surface area contributed by atoms with Gasteiger partial charge in [-0.05, 0) is 67.9 Å². The molecule has 0 heterocycles. The molecule has 0 atom stereocenters. The zero-order valence-corrected chi connectivity index (χ0v) is 21.7. The predicted molar refractivity (Wildman–Crippen MR) is 140 cm³/mol. The Morgan fingerprint density at radius 3 is 2.22 bits per heavy atom. The zero-order chi connectivity index (χ0) is 26.1. The molecule has 192 valence electrons. The quantitative estimate of drug-likeness (QED) is 0.365. The Labute approximate surface area is 212 Å². The number of carbonyl (C=O) groups is 1. The maximum atomic E-state index is 12.5. The van der Waals surface area contributed by atoms with Gasteiger partial charge in [-0.3, -0.25) is 9.10 Å². The summed E-state index contributed by atoms with van der Waals surface area (Å²) < 4.78 is 42.8. The van der Waals surface area contributed by atoms with Gasteiger partial charge in [0.2, 0.25) is 10.0 Å².